The Morgan fingerprint density at radius 1 is 1.04 bits per heavy atom. The first kappa shape index (κ1) is 30.7. The predicted octanol–water partition coefficient (Wildman–Crippen LogP) is 0.660. The Bertz CT molecular complexity index is 1950. The first-order valence-electron chi connectivity index (χ1n) is 15.2. The number of carbonyl (C=O) groups excluding carboxylic acids is 2. The molecule has 0 spiro atoms. The molecule has 3 saturated heterocycles. The van der Waals surface area contributed by atoms with E-state index in [9.17, 15) is 14.7 Å². The molecule has 6 atom stereocenters. The molecular formula is C30H29BN8O8S. The second-order valence-corrected chi connectivity index (χ2v) is 13.0. The summed E-state index contributed by atoms with van der Waals surface area (Å²) in [6.07, 6.45) is -1.61. The number of likely N-dealkylation sites (N-methyl/N-ethyl adjacent to an activating group) is 1. The molecule has 0 amide bonds. The second-order valence-electron chi connectivity index (χ2n) is 11.8. The molecular weight excluding hydrogens is 643 g/mol. The topological polar surface area (TPSA) is 178 Å². The minimum absolute atomic E-state index is 0.0658. The summed E-state index contributed by atoms with van der Waals surface area (Å²) in [5.74, 6) is -0.843. The average molecular weight is 672 g/mol. The highest BCUT2D eigenvalue weighted by atomic mass is 32.1. The van der Waals surface area contributed by atoms with Crippen LogP contribution in [0.3, 0.4) is 0 Å². The van der Waals surface area contributed by atoms with Gasteiger partial charge in [-0.05, 0) is 32.2 Å². The third kappa shape index (κ3) is 5.76. The van der Waals surface area contributed by atoms with E-state index in [0.29, 0.717) is 5.82 Å². The molecule has 3 aliphatic heterocycles. The van der Waals surface area contributed by atoms with Crippen molar-refractivity contribution in [3.05, 3.63) is 77.5 Å². The summed E-state index contributed by atoms with van der Waals surface area (Å²) in [6.45, 7) is 1.88. The van der Waals surface area contributed by atoms with E-state index in [0.717, 1.165) is 26.5 Å². The third-order valence-corrected chi connectivity index (χ3v) is 9.28. The standard InChI is InChI=1S/C30H29BN8O8S/c1-16-34-19-9-8-18(10-21(19)48-16)39-29(32-15-33-39)28-26(42)25(27-20(44-28)14-43-30(45-27)17-6-4-3-5-7-17)38-11-22(35-36-38)31-46-23(40)12-37(2)13-24(41)47-31/h3-11,15,20,25-28,30,42H,12-14H2,1-2H3/t20-,25-,26-,27+,28-,30?/m1/s1. The number of carbonyl (C=O) groups is 2. The third-order valence-electron chi connectivity index (χ3n) is 8.35. The van der Waals surface area contributed by atoms with Crippen molar-refractivity contribution >= 4 is 46.2 Å². The Kier molecular flexibility index (Phi) is 7.98. The van der Waals surface area contributed by atoms with Gasteiger partial charge in [0.1, 0.15) is 42.4 Å². The zero-order chi connectivity index (χ0) is 32.9. The van der Waals surface area contributed by atoms with Gasteiger partial charge >= 0.3 is 19.1 Å². The molecule has 3 fully saturated rings. The monoisotopic (exact) mass is 672 g/mol. The summed E-state index contributed by atoms with van der Waals surface area (Å²) < 4.78 is 33.9. The molecule has 0 saturated carbocycles. The number of aryl methyl sites for hydroxylation is 1. The number of ether oxygens (including phenoxy) is 3. The lowest BCUT2D eigenvalue weighted by molar-refractivity contribution is -0.319. The average Bonchev–Trinajstić information content (AvgIpc) is 3.83. The van der Waals surface area contributed by atoms with E-state index in [4.69, 9.17) is 23.5 Å². The number of aliphatic hydroxyl groups is 1. The highest BCUT2D eigenvalue weighted by molar-refractivity contribution is 7.18. The Hall–Kier alpha value is -4.59. The van der Waals surface area contributed by atoms with Gasteiger partial charge in [0.15, 0.2) is 12.1 Å². The number of thiazole rings is 1. The maximum absolute atomic E-state index is 12.4. The minimum Gasteiger partial charge on any atom is -0.493 e. The molecule has 0 radical (unpaired) electrons. The summed E-state index contributed by atoms with van der Waals surface area (Å²) in [5, 5.41) is 26.0. The summed E-state index contributed by atoms with van der Waals surface area (Å²) in [7, 11) is 0.186. The molecule has 1 N–H and O–H groups in total. The number of nitrogens with zero attached hydrogens (tertiary/aromatic N) is 8. The molecule has 246 valence electrons. The van der Waals surface area contributed by atoms with Crippen LogP contribution >= 0.6 is 11.3 Å². The lowest BCUT2D eigenvalue weighted by atomic mass is 9.84. The van der Waals surface area contributed by atoms with Crippen LogP contribution in [0.5, 0.6) is 0 Å². The smallest absolute Gasteiger partial charge is 0.493 e. The van der Waals surface area contributed by atoms with Crippen molar-refractivity contribution in [1.82, 2.24) is 39.6 Å². The predicted molar refractivity (Wildman–Crippen MR) is 167 cm³/mol. The van der Waals surface area contributed by atoms with Crippen molar-refractivity contribution in [2.24, 2.45) is 0 Å². The van der Waals surface area contributed by atoms with Crippen LogP contribution in [0.15, 0.2) is 61.1 Å². The lowest BCUT2D eigenvalue weighted by Gasteiger charge is -2.47. The Morgan fingerprint density at radius 2 is 1.83 bits per heavy atom. The van der Waals surface area contributed by atoms with Gasteiger partial charge in [-0.2, -0.15) is 5.10 Å². The van der Waals surface area contributed by atoms with Crippen LogP contribution in [0.1, 0.15) is 34.8 Å². The van der Waals surface area contributed by atoms with E-state index < -0.39 is 55.8 Å². The van der Waals surface area contributed by atoms with E-state index in [1.807, 2.05) is 55.5 Å². The van der Waals surface area contributed by atoms with Crippen molar-refractivity contribution in [3.8, 4) is 5.69 Å². The SMILES string of the molecule is Cc1nc2ccc(-n3ncnc3[C@@H]3O[C@@H]4COC(c5ccccc5)O[C@@H]4[C@H](n4cc(B5OC(=O)CN(C)CC(=O)O5)nn4)[C@H]3O)cc2s1. The Balaban J connectivity index is 1.15. The normalized spacial score (nSPS) is 26.9. The maximum Gasteiger partial charge on any atom is 0.659 e. The molecule has 5 aromatic rings. The van der Waals surface area contributed by atoms with Gasteiger partial charge in [0.2, 0.25) is 0 Å². The zero-order valence-corrected chi connectivity index (χ0v) is 26.5. The van der Waals surface area contributed by atoms with Gasteiger partial charge < -0.3 is 28.6 Å². The number of hydrogen-bond donors (Lipinski definition) is 1. The first-order chi connectivity index (χ1) is 23.3. The Labute approximate surface area is 277 Å². The fourth-order valence-electron chi connectivity index (χ4n) is 6.21. The number of benzene rings is 2. The molecule has 18 heteroatoms. The summed E-state index contributed by atoms with van der Waals surface area (Å²) in [4.78, 5) is 35.4. The van der Waals surface area contributed by atoms with Crippen LogP contribution in [0, 0.1) is 6.92 Å². The number of aromatic nitrogens is 7. The van der Waals surface area contributed by atoms with Gasteiger partial charge in [-0.3, -0.25) is 14.5 Å². The molecule has 3 aliphatic rings. The quantitative estimate of drug-likeness (QED) is 0.258. The fourth-order valence-corrected chi connectivity index (χ4v) is 7.07. The van der Waals surface area contributed by atoms with Crippen molar-refractivity contribution in [2.45, 2.75) is 43.7 Å². The van der Waals surface area contributed by atoms with Crippen molar-refractivity contribution in [3.63, 3.8) is 0 Å². The molecule has 48 heavy (non-hydrogen) atoms. The van der Waals surface area contributed by atoms with Gasteiger partial charge in [0.05, 0.1) is 40.6 Å². The van der Waals surface area contributed by atoms with Crippen LogP contribution in [0.25, 0.3) is 15.9 Å². The number of fused-ring (bicyclic) bond motifs is 2. The highest BCUT2D eigenvalue weighted by Crippen LogP contribution is 2.43. The first-order valence-corrected chi connectivity index (χ1v) is 16.0. The molecule has 0 bridgehead atoms. The molecule has 2 aromatic carbocycles. The van der Waals surface area contributed by atoms with Crippen LogP contribution in [0.4, 0.5) is 0 Å². The zero-order valence-electron chi connectivity index (χ0n) is 25.7. The van der Waals surface area contributed by atoms with Crippen molar-refractivity contribution < 1.29 is 38.2 Å². The largest absolute Gasteiger partial charge is 0.659 e. The number of hydrogen-bond acceptors (Lipinski definition) is 15. The van der Waals surface area contributed by atoms with Gasteiger partial charge in [0, 0.05) is 11.8 Å². The van der Waals surface area contributed by atoms with E-state index in [-0.39, 0.29) is 25.3 Å². The van der Waals surface area contributed by atoms with E-state index in [1.54, 1.807) is 23.1 Å². The fraction of sp³-hybridized carbons (Fsp3) is 0.367. The van der Waals surface area contributed by atoms with Gasteiger partial charge in [0.25, 0.3) is 0 Å². The van der Waals surface area contributed by atoms with Gasteiger partial charge in [-0.15, -0.1) is 16.4 Å². The second kappa shape index (κ2) is 12.5. The van der Waals surface area contributed by atoms with Crippen molar-refractivity contribution in [1.29, 1.82) is 0 Å². The van der Waals surface area contributed by atoms with Crippen LogP contribution in [-0.2, 0) is 33.1 Å². The van der Waals surface area contributed by atoms with E-state index in [2.05, 4.69) is 25.4 Å². The van der Waals surface area contributed by atoms with E-state index >= 15 is 0 Å². The van der Waals surface area contributed by atoms with Crippen LogP contribution < -0.4 is 5.59 Å². The Morgan fingerprint density at radius 3 is 2.62 bits per heavy atom. The summed E-state index contributed by atoms with van der Waals surface area (Å²) >= 11 is 1.56. The lowest BCUT2D eigenvalue weighted by Crippen LogP contribution is -2.57. The molecule has 1 unspecified atom stereocenters. The van der Waals surface area contributed by atoms with Crippen LogP contribution in [0.2, 0.25) is 0 Å². The van der Waals surface area contributed by atoms with Gasteiger partial charge in [-0.1, -0.05) is 35.5 Å². The number of aliphatic hydroxyl groups excluding tert-OH is 1. The molecule has 6 heterocycles. The summed E-state index contributed by atoms with van der Waals surface area (Å²) in [5.41, 5.74) is 2.45. The highest BCUT2D eigenvalue weighted by Gasteiger charge is 2.53. The minimum atomic E-state index is -1.42. The molecule has 16 nitrogen and oxygen atoms in total. The molecule has 8 rings (SSSR count). The van der Waals surface area contributed by atoms with Gasteiger partial charge in [-0.25, -0.2) is 19.3 Å². The molecule has 3 aromatic heterocycles. The summed E-state index contributed by atoms with van der Waals surface area (Å²) in [6, 6.07) is 14.3. The molecule has 0 aliphatic carbocycles. The van der Waals surface area contributed by atoms with E-state index in [1.165, 1.54) is 22.1 Å². The number of rotatable bonds is 5. The van der Waals surface area contributed by atoms with Crippen LogP contribution in [-0.4, -0.2) is 109 Å². The maximum atomic E-state index is 12.4. The van der Waals surface area contributed by atoms with Crippen molar-refractivity contribution in [2.75, 3.05) is 26.7 Å².